The predicted octanol–water partition coefficient (Wildman–Crippen LogP) is 3.25. The van der Waals surface area contributed by atoms with Crippen LogP contribution in [-0.2, 0) is 4.79 Å². The smallest absolute Gasteiger partial charge is 0.222 e. The molecule has 116 valence electrons. The van der Waals surface area contributed by atoms with Gasteiger partial charge in [0.25, 0.3) is 0 Å². The molecule has 1 saturated heterocycles. The maximum absolute atomic E-state index is 12.3. The number of hydrogen-bond acceptors (Lipinski definition) is 3. The molecule has 1 aromatic rings. The van der Waals surface area contributed by atoms with Crippen LogP contribution in [0.4, 0.5) is 0 Å². The minimum absolute atomic E-state index is 0.0333. The fraction of sp³-hybridized carbons (Fsp3) is 0.562. The van der Waals surface area contributed by atoms with Gasteiger partial charge in [0.2, 0.25) is 5.91 Å². The van der Waals surface area contributed by atoms with Gasteiger partial charge in [-0.15, -0.1) is 0 Å². The molecule has 2 atom stereocenters. The van der Waals surface area contributed by atoms with Gasteiger partial charge in [0.05, 0.1) is 6.04 Å². The van der Waals surface area contributed by atoms with Crippen LogP contribution in [0.5, 0.6) is 0 Å². The van der Waals surface area contributed by atoms with Crippen LogP contribution in [0.2, 0.25) is 5.02 Å². The molecule has 0 aliphatic carbocycles. The number of amides is 1. The minimum Gasteiger partial charge on any atom is -0.349 e. The van der Waals surface area contributed by atoms with E-state index in [4.69, 9.17) is 11.6 Å². The molecule has 2 unspecified atom stereocenters. The van der Waals surface area contributed by atoms with Crippen LogP contribution in [0.15, 0.2) is 24.3 Å². The van der Waals surface area contributed by atoms with E-state index < -0.39 is 0 Å². The van der Waals surface area contributed by atoms with Gasteiger partial charge in [0.1, 0.15) is 0 Å². The molecule has 1 aromatic carbocycles. The highest BCUT2D eigenvalue weighted by molar-refractivity contribution is 7.99. The third-order valence-electron chi connectivity index (χ3n) is 3.64. The third kappa shape index (κ3) is 5.20. The molecule has 1 aliphatic heterocycles. The fourth-order valence-electron chi connectivity index (χ4n) is 2.51. The zero-order valence-electron chi connectivity index (χ0n) is 12.6. The van der Waals surface area contributed by atoms with Crippen molar-refractivity contribution in [3.8, 4) is 0 Å². The molecule has 5 heteroatoms. The van der Waals surface area contributed by atoms with E-state index in [9.17, 15) is 4.79 Å². The first-order valence-electron chi connectivity index (χ1n) is 7.42. The lowest BCUT2D eigenvalue weighted by Crippen LogP contribution is -2.42. The number of halogens is 1. The Balaban J connectivity index is 1.95. The largest absolute Gasteiger partial charge is 0.349 e. The van der Waals surface area contributed by atoms with E-state index in [2.05, 4.69) is 24.5 Å². The van der Waals surface area contributed by atoms with Crippen LogP contribution in [0.3, 0.4) is 0 Å². The van der Waals surface area contributed by atoms with Crippen molar-refractivity contribution in [3.05, 3.63) is 34.9 Å². The molecule has 1 fully saturated rings. The standard InChI is InChI=1S/C16H23ClN2OS/c1-11(2)16(12-3-5-13(17)6-4-12)19-15(20)9-14-10-21-8-7-18-14/h3-6,11,14,16,18H,7-10H2,1-2H3,(H,19,20). The molecule has 1 amide bonds. The van der Waals surface area contributed by atoms with Crippen LogP contribution >= 0.6 is 23.4 Å². The third-order valence-corrected chi connectivity index (χ3v) is 5.03. The summed E-state index contributed by atoms with van der Waals surface area (Å²) in [6, 6.07) is 8.05. The lowest BCUT2D eigenvalue weighted by atomic mass is 9.95. The van der Waals surface area contributed by atoms with E-state index in [0.29, 0.717) is 18.4 Å². The van der Waals surface area contributed by atoms with Crippen LogP contribution in [0, 0.1) is 5.92 Å². The van der Waals surface area contributed by atoms with E-state index in [1.807, 2.05) is 36.0 Å². The summed E-state index contributed by atoms with van der Waals surface area (Å²) in [6.45, 7) is 5.23. The maximum Gasteiger partial charge on any atom is 0.222 e. The minimum atomic E-state index is 0.0333. The monoisotopic (exact) mass is 326 g/mol. The summed E-state index contributed by atoms with van der Waals surface area (Å²) < 4.78 is 0. The highest BCUT2D eigenvalue weighted by atomic mass is 35.5. The Hall–Kier alpha value is -0.710. The summed E-state index contributed by atoms with van der Waals surface area (Å²) in [4.78, 5) is 12.3. The second-order valence-electron chi connectivity index (χ2n) is 5.77. The van der Waals surface area contributed by atoms with Gasteiger partial charge in [-0.05, 0) is 23.6 Å². The van der Waals surface area contributed by atoms with Crippen molar-refractivity contribution in [1.82, 2.24) is 10.6 Å². The number of carbonyl (C=O) groups excluding carboxylic acids is 1. The lowest BCUT2D eigenvalue weighted by molar-refractivity contribution is -0.122. The first-order valence-corrected chi connectivity index (χ1v) is 8.95. The Morgan fingerprint density at radius 2 is 2.14 bits per heavy atom. The first-order chi connectivity index (χ1) is 10.1. The number of nitrogens with one attached hydrogen (secondary N) is 2. The van der Waals surface area contributed by atoms with E-state index in [-0.39, 0.29) is 11.9 Å². The molecule has 3 nitrogen and oxygen atoms in total. The van der Waals surface area contributed by atoms with Gasteiger partial charge in [0, 0.05) is 35.5 Å². The highest BCUT2D eigenvalue weighted by Gasteiger charge is 2.21. The molecule has 0 bridgehead atoms. The molecule has 2 rings (SSSR count). The Kier molecular flexibility index (Phi) is 6.40. The van der Waals surface area contributed by atoms with E-state index >= 15 is 0 Å². The average molecular weight is 327 g/mol. The van der Waals surface area contributed by atoms with Crippen LogP contribution in [-0.4, -0.2) is 30.0 Å². The SMILES string of the molecule is CC(C)C(NC(=O)CC1CSCCN1)c1ccc(Cl)cc1. The Bertz CT molecular complexity index is 458. The fourth-order valence-corrected chi connectivity index (χ4v) is 3.59. The van der Waals surface area contributed by atoms with E-state index in [1.54, 1.807) is 0 Å². The average Bonchev–Trinajstić information content (AvgIpc) is 2.47. The van der Waals surface area contributed by atoms with Crippen molar-refractivity contribution in [2.24, 2.45) is 5.92 Å². The number of rotatable bonds is 5. The molecular formula is C16H23ClN2OS. The van der Waals surface area contributed by atoms with Gasteiger partial charge in [-0.3, -0.25) is 4.79 Å². The number of benzene rings is 1. The summed E-state index contributed by atoms with van der Waals surface area (Å²) >= 11 is 7.84. The first kappa shape index (κ1) is 16.7. The second-order valence-corrected chi connectivity index (χ2v) is 7.36. The summed E-state index contributed by atoms with van der Waals surface area (Å²) in [5.41, 5.74) is 1.11. The van der Waals surface area contributed by atoms with Crippen molar-refractivity contribution in [2.75, 3.05) is 18.1 Å². The molecule has 0 aromatic heterocycles. The van der Waals surface area contributed by atoms with E-state index in [1.165, 1.54) is 0 Å². The van der Waals surface area contributed by atoms with Crippen molar-refractivity contribution >= 4 is 29.3 Å². The van der Waals surface area contributed by atoms with Crippen molar-refractivity contribution < 1.29 is 4.79 Å². The van der Waals surface area contributed by atoms with Gasteiger partial charge in [0.15, 0.2) is 0 Å². The van der Waals surface area contributed by atoms with Gasteiger partial charge in [-0.1, -0.05) is 37.6 Å². The van der Waals surface area contributed by atoms with Crippen LogP contribution < -0.4 is 10.6 Å². The van der Waals surface area contributed by atoms with Gasteiger partial charge in [-0.25, -0.2) is 0 Å². The zero-order valence-corrected chi connectivity index (χ0v) is 14.1. The van der Waals surface area contributed by atoms with Gasteiger partial charge >= 0.3 is 0 Å². The van der Waals surface area contributed by atoms with Gasteiger partial charge in [-0.2, -0.15) is 11.8 Å². The van der Waals surface area contributed by atoms with Crippen molar-refractivity contribution in [1.29, 1.82) is 0 Å². The molecular weight excluding hydrogens is 304 g/mol. The molecule has 2 N–H and O–H groups in total. The number of hydrogen-bond donors (Lipinski definition) is 2. The molecule has 0 saturated carbocycles. The van der Waals surface area contributed by atoms with Crippen molar-refractivity contribution in [3.63, 3.8) is 0 Å². The maximum atomic E-state index is 12.3. The second kappa shape index (κ2) is 8.06. The Morgan fingerprint density at radius 3 is 2.71 bits per heavy atom. The van der Waals surface area contributed by atoms with Gasteiger partial charge < -0.3 is 10.6 Å². The highest BCUT2D eigenvalue weighted by Crippen LogP contribution is 2.23. The molecule has 0 spiro atoms. The number of carbonyl (C=O) groups is 1. The Morgan fingerprint density at radius 1 is 1.43 bits per heavy atom. The Labute approximate surface area is 136 Å². The lowest BCUT2D eigenvalue weighted by Gasteiger charge is -2.26. The summed E-state index contributed by atoms with van der Waals surface area (Å²) in [7, 11) is 0. The van der Waals surface area contributed by atoms with E-state index in [0.717, 1.165) is 28.6 Å². The van der Waals surface area contributed by atoms with Crippen molar-refractivity contribution in [2.45, 2.75) is 32.4 Å². The quantitative estimate of drug-likeness (QED) is 0.872. The van der Waals surface area contributed by atoms with Crippen LogP contribution in [0.1, 0.15) is 31.9 Å². The summed E-state index contributed by atoms with van der Waals surface area (Å²) in [5, 5.41) is 7.29. The normalized spacial score (nSPS) is 20.3. The molecule has 1 aliphatic rings. The zero-order chi connectivity index (χ0) is 15.2. The topological polar surface area (TPSA) is 41.1 Å². The summed E-state index contributed by atoms with van der Waals surface area (Å²) in [5.74, 6) is 2.60. The van der Waals surface area contributed by atoms with Crippen LogP contribution in [0.25, 0.3) is 0 Å². The summed E-state index contributed by atoms with van der Waals surface area (Å²) in [6.07, 6.45) is 0.545. The number of thioether (sulfide) groups is 1. The molecule has 1 heterocycles. The molecule has 21 heavy (non-hydrogen) atoms. The molecule has 0 radical (unpaired) electrons. The predicted molar refractivity (Wildman–Crippen MR) is 90.9 cm³/mol.